The Bertz CT molecular complexity index is 1020. The fraction of sp³-hybridized carbons (Fsp3) is 0.238. The molecule has 0 atom stereocenters. The Morgan fingerprint density at radius 3 is 2.50 bits per heavy atom. The summed E-state index contributed by atoms with van der Waals surface area (Å²) in [6, 6.07) is 13.1. The number of hydrogen-bond donors (Lipinski definition) is 1. The molecule has 0 aliphatic rings. The number of halogens is 4. The molecule has 9 heteroatoms. The average Bonchev–Trinajstić information content (AvgIpc) is 3.17. The molecular formula is C21H19ClF3N3O2. The molecule has 1 N–H and O–H groups in total. The van der Waals surface area contributed by atoms with Crippen molar-refractivity contribution >= 4 is 17.5 Å². The molecule has 5 nitrogen and oxygen atoms in total. The van der Waals surface area contributed by atoms with Gasteiger partial charge < -0.3 is 10.1 Å². The smallest absolute Gasteiger partial charge is 0.377 e. The summed E-state index contributed by atoms with van der Waals surface area (Å²) in [6.07, 6.45) is -3.88. The molecule has 0 unspecified atom stereocenters. The van der Waals surface area contributed by atoms with E-state index in [-0.39, 0.29) is 17.3 Å². The summed E-state index contributed by atoms with van der Waals surface area (Å²) in [5, 5.41) is 6.55. The number of ether oxygens (including phenoxy) is 1. The van der Waals surface area contributed by atoms with Crippen LogP contribution >= 0.6 is 11.6 Å². The number of amides is 1. The average molecular weight is 438 g/mol. The molecule has 0 aliphatic heterocycles. The van der Waals surface area contributed by atoms with Crippen molar-refractivity contribution in [2.45, 2.75) is 26.3 Å². The lowest BCUT2D eigenvalue weighted by molar-refractivity contribution is -0.143. The highest BCUT2D eigenvalue weighted by atomic mass is 35.5. The lowest BCUT2D eigenvalue weighted by Crippen LogP contribution is -2.26. The molecule has 30 heavy (non-hydrogen) atoms. The van der Waals surface area contributed by atoms with E-state index in [1.807, 2.05) is 19.1 Å². The Kier molecular flexibility index (Phi) is 6.79. The summed E-state index contributed by atoms with van der Waals surface area (Å²) < 4.78 is 47.1. The minimum atomic E-state index is -4.79. The number of alkyl halides is 3. The summed E-state index contributed by atoms with van der Waals surface area (Å²) in [7, 11) is 0. The van der Waals surface area contributed by atoms with Crippen LogP contribution in [0.15, 0.2) is 54.7 Å². The van der Waals surface area contributed by atoms with Crippen molar-refractivity contribution < 1.29 is 22.7 Å². The zero-order valence-corrected chi connectivity index (χ0v) is 16.8. The third kappa shape index (κ3) is 5.20. The first-order chi connectivity index (χ1) is 14.3. The van der Waals surface area contributed by atoms with Crippen LogP contribution in [0.25, 0.3) is 5.69 Å². The van der Waals surface area contributed by atoms with Crippen LogP contribution in [0.4, 0.5) is 13.2 Å². The molecule has 0 saturated heterocycles. The molecule has 0 fully saturated rings. The third-order valence-electron chi connectivity index (χ3n) is 4.28. The molecule has 0 aliphatic carbocycles. The number of benzene rings is 2. The largest absolute Gasteiger partial charge is 0.434 e. The maximum Gasteiger partial charge on any atom is 0.434 e. The summed E-state index contributed by atoms with van der Waals surface area (Å²) >= 11 is 5.88. The minimum Gasteiger partial charge on any atom is -0.377 e. The fourth-order valence-corrected chi connectivity index (χ4v) is 3.03. The van der Waals surface area contributed by atoms with Crippen LogP contribution in [-0.2, 0) is 24.1 Å². The quantitative estimate of drug-likeness (QED) is 0.565. The first-order valence-corrected chi connectivity index (χ1v) is 9.52. The van der Waals surface area contributed by atoms with E-state index in [4.69, 9.17) is 16.3 Å². The Labute approximate surface area is 176 Å². The lowest BCUT2D eigenvalue weighted by Gasteiger charge is -2.13. The SMILES string of the molecule is CCOCc1ccc(CNC(=O)c2cnn(-c3cccc(Cl)c3)c2C(F)(F)F)cc1. The normalized spacial score (nSPS) is 11.5. The topological polar surface area (TPSA) is 56.1 Å². The second-order valence-corrected chi connectivity index (χ2v) is 6.87. The van der Waals surface area contributed by atoms with Crippen molar-refractivity contribution in [2.75, 3.05) is 6.61 Å². The molecule has 1 heterocycles. The molecule has 0 radical (unpaired) electrons. The number of nitrogens with one attached hydrogen (secondary N) is 1. The zero-order chi connectivity index (χ0) is 21.7. The number of carbonyl (C=O) groups is 1. The van der Waals surface area contributed by atoms with Crippen LogP contribution < -0.4 is 5.32 Å². The lowest BCUT2D eigenvalue weighted by atomic mass is 10.1. The third-order valence-corrected chi connectivity index (χ3v) is 4.52. The van der Waals surface area contributed by atoms with Gasteiger partial charge >= 0.3 is 6.18 Å². The Balaban J connectivity index is 1.79. The van der Waals surface area contributed by atoms with Gasteiger partial charge in [0, 0.05) is 18.2 Å². The molecule has 1 amide bonds. The monoisotopic (exact) mass is 437 g/mol. The highest BCUT2D eigenvalue weighted by Gasteiger charge is 2.40. The molecule has 3 aromatic rings. The molecule has 0 saturated carbocycles. The van der Waals surface area contributed by atoms with Crippen LogP contribution in [-0.4, -0.2) is 22.3 Å². The number of carbonyl (C=O) groups excluding carboxylic acids is 1. The van der Waals surface area contributed by atoms with Crippen LogP contribution in [0.1, 0.15) is 34.1 Å². The maximum absolute atomic E-state index is 13.7. The van der Waals surface area contributed by atoms with Gasteiger partial charge in [-0.25, -0.2) is 4.68 Å². The van der Waals surface area contributed by atoms with Crippen LogP contribution in [0, 0.1) is 0 Å². The van der Waals surface area contributed by atoms with E-state index in [2.05, 4.69) is 10.4 Å². The number of aromatic nitrogens is 2. The van der Waals surface area contributed by atoms with Crippen LogP contribution in [0.3, 0.4) is 0 Å². The minimum absolute atomic E-state index is 0.0768. The molecule has 158 valence electrons. The van der Waals surface area contributed by atoms with Crippen molar-refractivity contribution in [3.05, 3.63) is 82.1 Å². The van der Waals surface area contributed by atoms with Gasteiger partial charge in [-0.15, -0.1) is 0 Å². The second-order valence-electron chi connectivity index (χ2n) is 6.43. The molecule has 2 aromatic carbocycles. The second kappa shape index (κ2) is 9.32. The van der Waals surface area contributed by atoms with Gasteiger partial charge in [0.1, 0.15) is 0 Å². The molecule has 1 aromatic heterocycles. The number of hydrogen-bond acceptors (Lipinski definition) is 3. The first-order valence-electron chi connectivity index (χ1n) is 9.14. The highest BCUT2D eigenvalue weighted by molar-refractivity contribution is 6.30. The van der Waals surface area contributed by atoms with Crippen molar-refractivity contribution in [1.29, 1.82) is 0 Å². The highest BCUT2D eigenvalue weighted by Crippen LogP contribution is 2.34. The van der Waals surface area contributed by atoms with E-state index in [1.54, 1.807) is 12.1 Å². The van der Waals surface area contributed by atoms with Gasteiger partial charge in [0.2, 0.25) is 0 Å². The predicted octanol–water partition coefficient (Wildman–Crippen LogP) is 5.01. The van der Waals surface area contributed by atoms with E-state index in [0.29, 0.717) is 17.9 Å². The summed E-state index contributed by atoms with van der Waals surface area (Å²) in [5.74, 6) is -0.867. The predicted molar refractivity (Wildman–Crippen MR) is 107 cm³/mol. The molecule has 3 rings (SSSR count). The molecular weight excluding hydrogens is 419 g/mol. The van der Waals surface area contributed by atoms with Gasteiger partial charge in [-0.1, -0.05) is 41.9 Å². The van der Waals surface area contributed by atoms with Crippen LogP contribution in [0.5, 0.6) is 0 Å². The fourth-order valence-electron chi connectivity index (χ4n) is 2.84. The van der Waals surface area contributed by atoms with Gasteiger partial charge in [0.25, 0.3) is 5.91 Å². The summed E-state index contributed by atoms with van der Waals surface area (Å²) in [4.78, 5) is 12.5. The van der Waals surface area contributed by atoms with Gasteiger partial charge in [-0.3, -0.25) is 4.79 Å². The van der Waals surface area contributed by atoms with Gasteiger partial charge in [0.05, 0.1) is 24.1 Å². The molecule has 0 spiro atoms. The number of rotatable bonds is 7. The van der Waals surface area contributed by atoms with Gasteiger partial charge in [-0.2, -0.15) is 18.3 Å². The van der Waals surface area contributed by atoms with Gasteiger partial charge in [0.15, 0.2) is 5.69 Å². The van der Waals surface area contributed by atoms with E-state index < -0.39 is 23.3 Å². The zero-order valence-electron chi connectivity index (χ0n) is 16.0. The van der Waals surface area contributed by atoms with E-state index >= 15 is 0 Å². The van der Waals surface area contributed by atoms with E-state index in [1.165, 1.54) is 24.3 Å². The molecule has 0 bridgehead atoms. The Hall–Kier alpha value is -2.84. The Morgan fingerprint density at radius 2 is 1.87 bits per heavy atom. The van der Waals surface area contributed by atoms with E-state index in [0.717, 1.165) is 17.3 Å². The van der Waals surface area contributed by atoms with Gasteiger partial charge in [-0.05, 0) is 36.2 Å². The van der Waals surface area contributed by atoms with Crippen molar-refractivity contribution in [1.82, 2.24) is 15.1 Å². The van der Waals surface area contributed by atoms with Crippen molar-refractivity contribution in [3.8, 4) is 5.69 Å². The van der Waals surface area contributed by atoms with Crippen molar-refractivity contribution in [2.24, 2.45) is 0 Å². The van der Waals surface area contributed by atoms with Crippen molar-refractivity contribution in [3.63, 3.8) is 0 Å². The standard InChI is InChI=1S/C21H19ClF3N3O2/c1-2-30-13-15-8-6-14(7-9-15)11-26-20(29)18-12-27-28(19(18)21(23,24)25)17-5-3-4-16(22)10-17/h3-10,12H,2,11,13H2,1H3,(H,26,29). The van der Waals surface area contributed by atoms with Crippen LogP contribution in [0.2, 0.25) is 5.02 Å². The maximum atomic E-state index is 13.7. The number of nitrogens with zero attached hydrogens (tertiary/aromatic N) is 2. The first kappa shape index (κ1) is 21.9. The summed E-state index contributed by atoms with van der Waals surface area (Å²) in [5.41, 5.74) is 0.108. The Morgan fingerprint density at radius 1 is 1.17 bits per heavy atom. The van der Waals surface area contributed by atoms with E-state index in [9.17, 15) is 18.0 Å². The summed E-state index contributed by atoms with van der Waals surface area (Å²) in [6.45, 7) is 3.05.